The molecule has 0 bridgehead atoms. The summed E-state index contributed by atoms with van der Waals surface area (Å²) in [5, 5.41) is 0. The third kappa shape index (κ3) is 6.83. The smallest absolute Gasteiger partial charge is 0.233 e. The fourth-order valence-electron chi connectivity index (χ4n) is 3.86. The lowest BCUT2D eigenvalue weighted by Gasteiger charge is -2.24. The molecular weight excluding hydrogens is 488 g/mol. The number of nitrogens with one attached hydrogen (secondary N) is 1. The van der Waals surface area contributed by atoms with E-state index in [9.17, 15) is 8.42 Å². The number of ether oxygens (including phenoxy) is 1. The van der Waals surface area contributed by atoms with E-state index in [0.717, 1.165) is 52.8 Å². The van der Waals surface area contributed by atoms with Gasteiger partial charge < -0.3 is 9.64 Å². The monoisotopic (exact) mass is 520 g/mol. The van der Waals surface area contributed by atoms with E-state index in [2.05, 4.69) is 52.4 Å². The Kier molecular flexibility index (Phi) is 8.06. The van der Waals surface area contributed by atoms with E-state index in [0.29, 0.717) is 12.2 Å². The lowest BCUT2D eigenvalue weighted by atomic mass is 9.85. The first-order valence-electron chi connectivity index (χ1n) is 11.0. The van der Waals surface area contributed by atoms with Crippen molar-refractivity contribution in [2.45, 2.75) is 39.0 Å². The number of anilines is 1. The summed E-state index contributed by atoms with van der Waals surface area (Å²) >= 11 is 3.61. The quantitative estimate of drug-likeness (QED) is 0.449. The molecule has 1 heterocycles. The maximum atomic E-state index is 12.4. The minimum atomic E-state index is -3.35. The highest BCUT2D eigenvalue weighted by molar-refractivity contribution is 9.10. The highest BCUT2D eigenvalue weighted by Crippen LogP contribution is 2.37. The van der Waals surface area contributed by atoms with E-state index in [1.54, 1.807) is 19.2 Å². The molecule has 3 rings (SSSR count). The lowest BCUT2D eigenvalue weighted by Crippen LogP contribution is -2.29. The van der Waals surface area contributed by atoms with Gasteiger partial charge in [-0.15, -0.1) is 0 Å². The van der Waals surface area contributed by atoms with Gasteiger partial charge in [-0.05, 0) is 61.2 Å². The van der Waals surface area contributed by atoms with E-state index in [-0.39, 0.29) is 11.2 Å². The highest BCUT2D eigenvalue weighted by Gasteiger charge is 2.21. The summed E-state index contributed by atoms with van der Waals surface area (Å²) in [6.45, 7) is 9.06. The van der Waals surface area contributed by atoms with Crippen LogP contribution in [0.1, 0.15) is 50.3 Å². The van der Waals surface area contributed by atoms with Crippen molar-refractivity contribution in [1.29, 1.82) is 0 Å². The van der Waals surface area contributed by atoms with Crippen LogP contribution >= 0.6 is 15.9 Å². The number of likely N-dealkylation sites (tertiary alicyclic amines) is 1. The maximum absolute atomic E-state index is 12.4. The number of hydrogen-bond acceptors (Lipinski definition) is 4. The second-order valence-electron chi connectivity index (χ2n) is 9.25. The molecular formula is C25H33BrN2O3S. The number of hydrogen-bond donors (Lipinski definition) is 1. The highest BCUT2D eigenvalue weighted by atomic mass is 79.9. The van der Waals surface area contributed by atoms with E-state index < -0.39 is 10.0 Å². The third-order valence-corrected chi connectivity index (χ3v) is 7.33. The Morgan fingerprint density at radius 3 is 2.34 bits per heavy atom. The van der Waals surface area contributed by atoms with Crippen LogP contribution in [0.5, 0.6) is 5.75 Å². The van der Waals surface area contributed by atoms with Gasteiger partial charge in [0.15, 0.2) is 0 Å². The van der Waals surface area contributed by atoms with Crippen molar-refractivity contribution in [2.24, 2.45) is 0 Å². The van der Waals surface area contributed by atoms with E-state index in [4.69, 9.17) is 4.74 Å². The molecule has 5 nitrogen and oxygen atoms in total. The number of nitrogens with zero attached hydrogens (tertiary/aromatic N) is 1. The molecule has 0 radical (unpaired) electrons. The average molecular weight is 522 g/mol. The van der Waals surface area contributed by atoms with Gasteiger partial charge in [0.1, 0.15) is 5.75 Å². The molecule has 2 aromatic carbocycles. The first-order valence-corrected chi connectivity index (χ1v) is 13.4. The summed E-state index contributed by atoms with van der Waals surface area (Å²) < 4.78 is 34.2. The Morgan fingerprint density at radius 2 is 1.75 bits per heavy atom. The zero-order valence-electron chi connectivity index (χ0n) is 19.3. The topological polar surface area (TPSA) is 58.6 Å². The van der Waals surface area contributed by atoms with Crippen molar-refractivity contribution in [2.75, 3.05) is 37.2 Å². The molecule has 7 heteroatoms. The molecule has 0 saturated carbocycles. The van der Waals surface area contributed by atoms with Crippen LogP contribution in [0.2, 0.25) is 0 Å². The van der Waals surface area contributed by atoms with Crippen LogP contribution < -0.4 is 9.46 Å². The standard InChI is InChI=1S/C25H33BrN2O3S/c1-25(2,3)23-18-21(26)17-20(24(23)31-4)10-7-19-8-11-22(12-9-19)27-32(29,30)16-15-28-13-5-6-14-28/h7-12,17-18,27H,5-6,13-16H2,1-4H3/b10-7+. The zero-order chi connectivity index (χ0) is 23.4. The van der Waals surface area contributed by atoms with Gasteiger partial charge in [0.25, 0.3) is 0 Å². The minimum Gasteiger partial charge on any atom is -0.496 e. The number of benzene rings is 2. The van der Waals surface area contributed by atoms with Gasteiger partial charge >= 0.3 is 0 Å². The van der Waals surface area contributed by atoms with Crippen molar-refractivity contribution in [3.63, 3.8) is 0 Å². The summed E-state index contributed by atoms with van der Waals surface area (Å²) in [6.07, 6.45) is 6.34. The summed E-state index contributed by atoms with van der Waals surface area (Å²) in [4.78, 5) is 2.20. The summed E-state index contributed by atoms with van der Waals surface area (Å²) in [6, 6.07) is 11.5. The second-order valence-corrected chi connectivity index (χ2v) is 12.0. The van der Waals surface area contributed by atoms with Gasteiger partial charge in [-0.2, -0.15) is 0 Å². The van der Waals surface area contributed by atoms with Crippen LogP contribution in [0.4, 0.5) is 5.69 Å². The first kappa shape index (κ1) is 24.8. The fourth-order valence-corrected chi connectivity index (χ4v) is 5.43. The van der Waals surface area contributed by atoms with Crippen LogP contribution in [0.15, 0.2) is 40.9 Å². The van der Waals surface area contributed by atoms with Crippen molar-refractivity contribution >= 4 is 43.8 Å². The molecule has 1 aliphatic heterocycles. The van der Waals surface area contributed by atoms with Gasteiger partial charge in [-0.25, -0.2) is 8.42 Å². The van der Waals surface area contributed by atoms with E-state index >= 15 is 0 Å². The fraction of sp³-hybridized carbons (Fsp3) is 0.440. The molecule has 0 spiro atoms. The summed E-state index contributed by atoms with van der Waals surface area (Å²) in [7, 11) is -1.66. The van der Waals surface area contributed by atoms with Crippen molar-refractivity contribution < 1.29 is 13.2 Å². The molecule has 0 atom stereocenters. The Labute approximate surface area is 201 Å². The number of methoxy groups -OCH3 is 1. The van der Waals surface area contributed by atoms with Gasteiger partial charge in [-0.1, -0.05) is 61.0 Å². The Morgan fingerprint density at radius 1 is 1.09 bits per heavy atom. The molecule has 1 saturated heterocycles. The molecule has 0 aromatic heterocycles. The minimum absolute atomic E-state index is 0.0503. The average Bonchev–Trinajstić information content (AvgIpc) is 3.24. The molecule has 174 valence electrons. The number of sulfonamides is 1. The molecule has 1 N–H and O–H groups in total. The maximum Gasteiger partial charge on any atom is 0.233 e. The van der Waals surface area contributed by atoms with Gasteiger partial charge in [0, 0.05) is 27.8 Å². The molecule has 32 heavy (non-hydrogen) atoms. The lowest BCUT2D eigenvalue weighted by molar-refractivity contribution is 0.359. The SMILES string of the molecule is COc1c(/C=C/c2ccc(NS(=O)(=O)CCN3CCCC3)cc2)cc(Br)cc1C(C)(C)C. The predicted octanol–water partition coefficient (Wildman–Crippen LogP) is 5.76. The molecule has 1 aliphatic rings. The van der Waals surface area contributed by atoms with Crippen molar-refractivity contribution in [1.82, 2.24) is 4.90 Å². The molecule has 0 unspecified atom stereocenters. The van der Waals surface area contributed by atoms with Gasteiger partial charge in [0.2, 0.25) is 10.0 Å². The van der Waals surface area contributed by atoms with Crippen LogP contribution in [0.3, 0.4) is 0 Å². The molecule has 1 fully saturated rings. The summed E-state index contributed by atoms with van der Waals surface area (Å²) in [5.41, 5.74) is 3.62. The molecule has 0 aliphatic carbocycles. The van der Waals surface area contributed by atoms with Gasteiger partial charge in [0.05, 0.1) is 12.9 Å². The Balaban J connectivity index is 1.70. The normalized spacial score (nSPS) is 15.4. The summed E-state index contributed by atoms with van der Waals surface area (Å²) in [5.74, 6) is 0.979. The first-order chi connectivity index (χ1) is 15.1. The third-order valence-electron chi connectivity index (χ3n) is 5.61. The zero-order valence-corrected chi connectivity index (χ0v) is 21.7. The van der Waals surface area contributed by atoms with Crippen molar-refractivity contribution in [3.8, 4) is 5.75 Å². The van der Waals surface area contributed by atoms with Crippen LogP contribution in [-0.4, -0.2) is 45.8 Å². The Hall–Kier alpha value is -1.83. The largest absolute Gasteiger partial charge is 0.496 e. The van der Waals surface area contributed by atoms with E-state index in [1.807, 2.05) is 30.4 Å². The predicted molar refractivity (Wildman–Crippen MR) is 138 cm³/mol. The molecule has 2 aromatic rings. The Bertz CT molecular complexity index is 1050. The van der Waals surface area contributed by atoms with Crippen LogP contribution in [0.25, 0.3) is 12.2 Å². The molecule has 0 amide bonds. The van der Waals surface area contributed by atoms with Crippen LogP contribution in [-0.2, 0) is 15.4 Å². The number of halogens is 1. The second kappa shape index (κ2) is 10.4. The van der Waals surface area contributed by atoms with Crippen molar-refractivity contribution in [3.05, 3.63) is 57.6 Å². The van der Waals surface area contributed by atoms with E-state index in [1.165, 1.54) is 0 Å². The van der Waals surface area contributed by atoms with Gasteiger partial charge in [-0.3, -0.25) is 4.72 Å². The number of rotatable bonds is 8. The van der Waals surface area contributed by atoms with Crippen LogP contribution in [0, 0.1) is 0 Å².